The summed E-state index contributed by atoms with van der Waals surface area (Å²) < 4.78 is 0. The maximum atomic E-state index is 11.8. The molecule has 1 aliphatic heterocycles. The fourth-order valence-electron chi connectivity index (χ4n) is 2.88. The molecule has 1 fully saturated rings. The van der Waals surface area contributed by atoms with Gasteiger partial charge in [-0.15, -0.1) is 36.2 Å². The molecule has 4 heterocycles. The van der Waals surface area contributed by atoms with Gasteiger partial charge in [0.2, 0.25) is 5.91 Å². The van der Waals surface area contributed by atoms with Crippen LogP contribution in [0.4, 0.5) is 17.3 Å². The molecule has 0 saturated carbocycles. The molecule has 1 amide bonds. The van der Waals surface area contributed by atoms with Crippen molar-refractivity contribution in [3.63, 3.8) is 0 Å². The molecule has 0 bridgehead atoms. The fraction of sp³-hybridized carbons (Fsp3) is 0.263. The zero-order valence-electron chi connectivity index (χ0n) is 15.3. The summed E-state index contributed by atoms with van der Waals surface area (Å²) in [7, 11) is 0. The van der Waals surface area contributed by atoms with E-state index < -0.39 is 0 Å². The molecule has 0 atom stereocenters. The number of carbonyl (C=O) groups excluding carboxylic acids is 1. The number of hydrogen-bond donors (Lipinski definition) is 1. The zero-order valence-corrected chi connectivity index (χ0v) is 17.7. The number of carbonyl (C=O) groups is 1. The lowest BCUT2D eigenvalue weighted by Crippen LogP contribution is -2.23. The van der Waals surface area contributed by atoms with Gasteiger partial charge in [-0.05, 0) is 37.1 Å². The lowest BCUT2D eigenvalue weighted by atomic mass is 10.3. The van der Waals surface area contributed by atoms with Crippen molar-refractivity contribution in [3.8, 4) is 10.7 Å². The van der Waals surface area contributed by atoms with Gasteiger partial charge in [0.05, 0.1) is 11.9 Å². The minimum Gasteiger partial charge on any atom is -0.325 e. The molecule has 1 saturated heterocycles. The van der Waals surface area contributed by atoms with E-state index in [-0.39, 0.29) is 30.7 Å². The Morgan fingerprint density at radius 3 is 2.61 bits per heavy atom. The van der Waals surface area contributed by atoms with Gasteiger partial charge in [-0.2, -0.15) is 0 Å². The number of aromatic nitrogens is 3. The number of halogens is 2. The first-order valence-electron chi connectivity index (χ1n) is 8.68. The Kier molecular flexibility index (Phi) is 7.74. The Bertz CT molecular complexity index is 932. The highest BCUT2D eigenvalue weighted by atomic mass is 35.5. The molecule has 0 aromatic carbocycles. The molecule has 9 heteroatoms. The predicted octanol–water partition coefficient (Wildman–Crippen LogP) is 4.88. The van der Waals surface area contributed by atoms with Gasteiger partial charge in [-0.3, -0.25) is 4.79 Å². The van der Waals surface area contributed by atoms with E-state index in [1.54, 1.807) is 22.4 Å². The fourth-order valence-corrected chi connectivity index (χ4v) is 3.71. The first kappa shape index (κ1) is 22.1. The van der Waals surface area contributed by atoms with Crippen molar-refractivity contribution in [1.82, 2.24) is 15.0 Å². The maximum absolute atomic E-state index is 11.8. The molecular weight excluding hydrogens is 417 g/mol. The molecule has 148 valence electrons. The van der Waals surface area contributed by atoms with E-state index >= 15 is 0 Å². The van der Waals surface area contributed by atoms with Crippen molar-refractivity contribution in [3.05, 3.63) is 47.6 Å². The van der Waals surface area contributed by atoms with Crippen molar-refractivity contribution >= 4 is 59.4 Å². The van der Waals surface area contributed by atoms with Crippen LogP contribution in [0.5, 0.6) is 0 Å². The summed E-state index contributed by atoms with van der Waals surface area (Å²) in [6.07, 6.45) is 6.14. The normalized spacial score (nSPS) is 13.0. The van der Waals surface area contributed by atoms with Crippen molar-refractivity contribution in [2.24, 2.45) is 0 Å². The molecule has 1 N–H and O–H groups in total. The van der Waals surface area contributed by atoms with E-state index in [1.165, 1.54) is 4.88 Å². The van der Waals surface area contributed by atoms with Gasteiger partial charge in [0, 0.05) is 24.0 Å². The van der Waals surface area contributed by atoms with Crippen LogP contribution >= 0.6 is 36.2 Å². The Labute approximate surface area is 180 Å². The quantitative estimate of drug-likeness (QED) is 0.615. The van der Waals surface area contributed by atoms with Crippen LogP contribution in [0.3, 0.4) is 0 Å². The van der Waals surface area contributed by atoms with Crippen molar-refractivity contribution in [2.75, 3.05) is 16.8 Å². The van der Waals surface area contributed by atoms with E-state index in [2.05, 4.69) is 27.2 Å². The van der Waals surface area contributed by atoms with Crippen LogP contribution in [-0.4, -0.2) is 27.4 Å². The number of anilines is 3. The summed E-state index contributed by atoms with van der Waals surface area (Å²) in [6, 6.07) is 9.59. The average molecular weight is 438 g/mol. The summed E-state index contributed by atoms with van der Waals surface area (Å²) in [5, 5.41) is 4.13. The molecule has 3 aromatic rings. The smallest absolute Gasteiger partial charge is 0.227 e. The number of nitrogens with zero attached hydrogens (tertiary/aromatic N) is 4. The SMILES string of the molecule is CCc1cnc(-c2cccc(Nc3ccc(N4CCCC4=O)cn3)n2)s1.Cl.Cl. The number of amides is 1. The second-order valence-electron chi connectivity index (χ2n) is 6.07. The Morgan fingerprint density at radius 2 is 1.96 bits per heavy atom. The molecule has 1 aliphatic rings. The lowest BCUT2D eigenvalue weighted by Gasteiger charge is -2.15. The van der Waals surface area contributed by atoms with Gasteiger partial charge >= 0.3 is 0 Å². The molecule has 4 rings (SSSR count). The van der Waals surface area contributed by atoms with E-state index in [0.29, 0.717) is 18.1 Å². The molecule has 0 unspecified atom stereocenters. The van der Waals surface area contributed by atoms with Gasteiger partial charge in [0.25, 0.3) is 0 Å². The molecule has 0 spiro atoms. The third kappa shape index (κ3) is 4.79. The largest absolute Gasteiger partial charge is 0.325 e. The topological polar surface area (TPSA) is 71.0 Å². The van der Waals surface area contributed by atoms with Crippen LogP contribution in [0.15, 0.2) is 42.7 Å². The highest BCUT2D eigenvalue weighted by Crippen LogP contribution is 2.26. The molecular formula is C19H21Cl2N5OS. The number of hydrogen-bond acceptors (Lipinski definition) is 6. The van der Waals surface area contributed by atoms with Crippen LogP contribution in [0.25, 0.3) is 10.7 Å². The summed E-state index contributed by atoms with van der Waals surface area (Å²) in [4.78, 5) is 28.3. The molecule has 0 radical (unpaired) electrons. The van der Waals surface area contributed by atoms with Crippen LogP contribution < -0.4 is 10.2 Å². The van der Waals surface area contributed by atoms with E-state index in [4.69, 9.17) is 0 Å². The molecule has 0 aliphatic carbocycles. The third-order valence-corrected chi connectivity index (χ3v) is 5.42. The number of rotatable bonds is 5. The summed E-state index contributed by atoms with van der Waals surface area (Å²) in [5.41, 5.74) is 1.69. The predicted molar refractivity (Wildman–Crippen MR) is 118 cm³/mol. The van der Waals surface area contributed by atoms with Crippen LogP contribution in [-0.2, 0) is 11.2 Å². The zero-order chi connectivity index (χ0) is 17.9. The minimum atomic E-state index is 0. The number of thiazole rings is 1. The standard InChI is InChI=1S/C19H19N5OS.2ClH/c1-2-14-12-21-19(26-14)15-5-3-6-17(22-15)23-16-9-8-13(11-20-16)24-10-4-7-18(24)25;;/h3,5-6,8-9,11-12H,2,4,7,10H2,1H3,(H,20,22,23);2*1H. The van der Waals surface area contributed by atoms with Crippen LogP contribution in [0.1, 0.15) is 24.6 Å². The Morgan fingerprint density at radius 1 is 1.11 bits per heavy atom. The number of aryl methyl sites for hydroxylation is 1. The first-order chi connectivity index (χ1) is 12.7. The molecule has 6 nitrogen and oxygen atoms in total. The van der Waals surface area contributed by atoms with Gasteiger partial charge in [-0.25, -0.2) is 15.0 Å². The van der Waals surface area contributed by atoms with Crippen LogP contribution in [0.2, 0.25) is 0 Å². The highest BCUT2D eigenvalue weighted by Gasteiger charge is 2.21. The minimum absolute atomic E-state index is 0. The van der Waals surface area contributed by atoms with Gasteiger partial charge in [0.15, 0.2) is 0 Å². The average Bonchev–Trinajstić information content (AvgIpc) is 3.32. The van der Waals surface area contributed by atoms with E-state index in [9.17, 15) is 4.79 Å². The number of nitrogens with one attached hydrogen (secondary N) is 1. The van der Waals surface area contributed by atoms with Gasteiger partial charge < -0.3 is 10.2 Å². The van der Waals surface area contributed by atoms with Crippen molar-refractivity contribution in [1.29, 1.82) is 0 Å². The van der Waals surface area contributed by atoms with E-state index in [0.717, 1.165) is 35.8 Å². The van der Waals surface area contributed by atoms with Crippen LogP contribution in [0, 0.1) is 0 Å². The lowest BCUT2D eigenvalue weighted by molar-refractivity contribution is -0.117. The molecule has 3 aromatic heterocycles. The summed E-state index contributed by atoms with van der Waals surface area (Å²) >= 11 is 1.66. The van der Waals surface area contributed by atoms with E-state index in [1.807, 2.05) is 36.5 Å². The second kappa shape index (κ2) is 9.82. The Balaban J connectivity index is 0.00000140. The summed E-state index contributed by atoms with van der Waals surface area (Å²) in [5.74, 6) is 1.57. The number of pyridine rings is 2. The third-order valence-electron chi connectivity index (χ3n) is 4.26. The Hall–Kier alpha value is -2.22. The van der Waals surface area contributed by atoms with Gasteiger partial charge in [-0.1, -0.05) is 13.0 Å². The van der Waals surface area contributed by atoms with Crippen molar-refractivity contribution in [2.45, 2.75) is 26.2 Å². The summed E-state index contributed by atoms with van der Waals surface area (Å²) in [6.45, 7) is 2.89. The first-order valence-corrected chi connectivity index (χ1v) is 9.50. The highest BCUT2D eigenvalue weighted by molar-refractivity contribution is 7.15. The maximum Gasteiger partial charge on any atom is 0.227 e. The second-order valence-corrected chi connectivity index (χ2v) is 7.18. The monoisotopic (exact) mass is 437 g/mol. The van der Waals surface area contributed by atoms with Gasteiger partial charge in [0.1, 0.15) is 22.3 Å². The molecule has 28 heavy (non-hydrogen) atoms. The van der Waals surface area contributed by atoms with Crippen molar-refractivity contribution < 1.29 is 4.79 Å².